The van der Waals surface area contributed by atoms with Crippen molar-refractivity contribution in [2.75, 3.05) is 30.3 Å². The van der Waals surface area contributed by atoms with Gasteiger partial charge >= 0.3 is 0 Å². The molecular weight excluding hydrogens is 420 g/mol. The van der Waals surface area contributed by atoms with Crippen molar-refractivity contribution in [1.82, 2.24) is 10.4 Å². The van der Waals surface area contributed by atoms with E-state index in [0.29, 0.717) is 24.3 Å². The molecule has 2 aromatic carbocycles. The first-order valence-electron chi connectivity index (χ1n) is 11.4. The van der Waals surface area contributed by atoms with Crippen LogP contribution in [-0.4, -0.2) is 47.5 Å². The maximum atomic E-state index is 12.5. The highest BCUT2D eigenvalue weighted by molar-refractivity contribution is 5.94. The van der Waals surface area contributed by atoms with Gasteiger partial charge < -0.3 is 10.6 Å². The normalized spacial score (nSPS) is 10.1. The van der Waals surface area contributed by atoms with Gasteiger partial charge in [0, 0.05) is 17.8 Å². The molecular formula is C25H36N4O4. The number of carbonyl (C=O) groups excluding carboxylic acids is 3. The molecule has 0 fully saturated rings. The third-order valence-electron chi connectivity index (χ3n) is 4.60. The van der Waals surface area contributed by atoms with Gasteiger partial charge in [-0.2, -0.15) is 0 Å². The number of rotatable bonds is 13. The van der Waals surface area contributed by atoms with E-state index in [1.807, 2.05) is 79.4 Å². The number of hydrogen-bond acceptors (Lipinski definition) is 5. The molecule has 0 aliphatic rings. The molecule has 180 valence electrons. The molecule has 2 rings (SSSR count). The van der Waals surface area contributed by atoms with Crippen LogP contribution in [0.3, 0.4) is 0 Å². The van der Waals surface area contributed by atoms with Gasteiger partial charge in [0.05, 0.1) is 13.1 Å². The smallest absolute Gasteiger partial charge is 0.243 e. The van der Waals surface area contributed by atoms with E-state index in [1.165, 1.54) is 0 Å². The number of anilines is 2. The minimum atomic E-state index is -0.392. The summed E-state index contributed by atoms with van der Waals surface area (Å²) in [5.74, 6) is -0.756. The van der Waals surface area contributed by atoms with Crippen LogP contribution in [0.5, 0.6) is 0 Å². The van der Waals surface area contributed by atoms with Crippen LogP contribution < -0.4 is 16.1 Å². The number of para-hydroxylation sites is 2. The molecule has 0 radical (unpaired) electrons. The molecule has 0 bridgehead atoms. The van der Waals surface area contributed by atoms with Crippen molar-refractivity contribution in [3.8, 4) is 0 Å². The Kier molecular flexibility index (Phi) is 14.6. The lowest BCUT2D eigenvalue weighted by atomic mass is 10.1. The molecule has 0 aromatic heterocycles. The zero-order chi connectivity index (χ0) is 24.3. The van der Waals surface area contributed by atoms with Gasteiger partial charge in [0.2, 0.25) is 17.7 Å². The van der Waals surface area contributed by atoms with Crippen molar-refractivity contribution in [2.45, 2.75) is 46.0 Å². The fourth-order valence-electron chi connectivity index (χ4n) is 3.09. The second-order valence-electron chi connectivity index (χ2n) is 7.24. The Labute approximate surface area is 196 Å². The molecule has 0 aliphatic carbocycles. The topological polar surface area (TPSA) is 111 Å². The first-order valence-corrected chi connectivity index (χ1v) is 11.4. The Morgan fingerprint density at radius 1 is 0.697 bits per heavy atom. The number of hydroxylamine groups is 1. The van der Waals surface area contributed by atoms with E-state index in [0.717, 1.165) is 19.3 Å². The molecule has 0 unspecified atom stereocenters. The molecule has 0 saturated heterocycles. The van der Waals surface area contributed by atoms with Crippen LogP contribution in [0.4, 0.5) is 11.4 Å². The Bertz CT molecular complexity index is 760. The summed E-state index contributed by atoms with van der Waals surface area (Å²) in [7, 11) is 0. The molecule has 0 saturated carbocycles. The van der Waals surface area contributed by atoms with Crippen molar-refractivity contribution < 1.29 is 19.6 Å². The highest BCUT2D eigenvalue weighted by Gasteiger charge is 2.15. The van der Waals surface area contributed by atoms with Crippen molar-refractivity contribution in [3.63, 3.8) is 0 Å². The van der Waals surface area contributed by atoms with Gasteiger partial charge in [0.1, 0.15) is 0 Å². The van der Waals surface area contributed by atoms with Gasteiger partial charge in [0.15, 0.2) is 0 Å². The minimum Gasteiger partial charge on any atom is -0.325 e. The van der Waals surface area contributed by atoms with Crippen molar-refractivity contribution in [1.29, 1.82) is 0 Å². The molecule has 3 amide bonds. The van der Waals surface area contributed by atoms with Crippen LogP contribution in [-0.2, 0) is 14.4 Å². The monoisotopic (exact) mass is 456 g/mol. The summed E-state index contributed by atoms with van der Waals surface area (Å²) in [4.78, 5) is 37.8. The van der Waals surface area contributed by atoms with Crippen LogP contribution in [0.2, 0.25) is 0 Å². The maximum Gasteiger partial charge on any atom is 0.243 e. The Morgan fingerprint density at radius 2 is 1.15 bits per heavy atom. The fourth-order valence-corrected chi connectivity index (χ4v) is 3.09. The Morgan fingerprint density at radius 3 is 1.61 bits per heavy atom. The summed E-state index contributed by atoms with van der Waals surface area (Å²) in [6, 6.07) is 18.4. The molecule has 0 spiro atoms. The molecule has 0 aliphatic heterocycles. The van der Waals surface area contributed by atoms with E-state index in [9.17, 15) is 14.4 Å². The molecule has 0 heterocycles. The molecule has 0 atom stereocenters. The van der Waals surface area contributed by atoms with E-state index in [1.54, 1.807) is 5.48 Å². The highest BCUT2D eigenvalue weighted by Crippen LogP contribution is 2.09. The van der Waals surface area contributed by atoms with Gasteiger partial charge in [-0.3, -0.25) is 24.5 Å². The van der Waals surface area contributed by atoms with Crippen LogP contribution in [0, 0.1) is 0 Å². The van der Waals surface area contributed by atoms with Gasteiger partial charge in [0.25, 0.3) is 0 Å². The molecule has 4 N–H and O–H groups in total. The Balaban J connectivity index is 0.00000265. The highest BCUT2D eigenvalue weighted by atomic mass is 16.5. The summed E-state index contributed by atoms with van der Waals surface area (Å²) in [5.41, 5.74) is 3.04. The van der Waals surface area contributed by atoms with Crippen molar-refractivity contribution in [2.24, 2.45) is 0 Å². The predicted molar refractivity (Wildman–Crippen MR) is 131 cm³/mol. The summed E-state index contributed by atoms with van der Waals surface area (Å²) < 4.78 is 0. The summed E-state index contributed by atoms with van der Waals surface area (Å²) in [6.45, 7) is 4.78. The van der Waals surface area contributed by atoms with Crippen molar-refractivity contribution in [3.05, 3.63) is 60.7 Å². The predicted octanol–water partition coefficient (Wildman–Crippen LogP) is 4.05. The third-order valence-corrected chi connectivity index (χ3v) is 4.60. The second-order valence-corrected chi connectivity index (χ2v) is 7.24. The summed E-state index contributed by atoms with van der Waals surface area (Å²) >= 11 is 0. The third kappa shape index (κ3) is 13.0. The van der Waals surface area contributed by atoms with Gasteiger partial charge in [-0.15, -0.1) is 0 Å². The lowest BCUT2D eigenvalue weighted by Crippen LogP contribution is -2.39. The van der Waals surface area contributed by atoms with Crippen molar-refractivity contribution >= 4 is 29.1 Å². The van der Waals surface area contributed by atoms with E-state index < -0.39 is 5.91 Å². The number of nitrogens with zero attached hydrogens (tertiary/aromatic N) is 1. The Hall–Kier alpha value is -3.23. The number of unbranched alkanes of at least 4 members (excludes halogenated alkanes) is 3. The minimum absolute atomic E-state index is 0.101. The zero-order valence-electron chi connectivity index (χ0n) is 19.5. The van der Waals surface area contributed by atoms with Crippen LogP contribution >= 0.6 is 0 Å². The number of amides is 3. The molecule has 2 aromatic rings. The van der Waals surface area contributed by atoms with Gasteiger partial charge in [-0.05, 0) is 43.7 Å². The largest absolute Gasteiger partial charge is 0.325 e. The number of hydrogen-bond donors (Lipinski definition) is 4. The number of nitrogens with one attached hydrogen (secondary N) is 3. The SMILES string of the molecule is CC.O=C(CCCCCCN(CC(=O)Nc1ccccc1)CC(=O)Nc1ccccc1)NO. The van der Waals surface area contributed by atoms with Crippen LogP contribution in [0.15, 0.2) is 60.7 Å². The first kappa shape index (κ1) is 27.8. The van der Waals surface area contributed by atoms with Gasteiger partial charge in [-0.1, -0.05) is 63.1 Å². The number of benzene rings is 2. The summed E-state index contributed by atoms with van der Waals surface area (Å²) in [5, 5.41) is 14.2. The van der Waals surface area contributed by atoms with E-state index in [2.05, 4.69) is 10.6 Å². The van der Waals surface area contributed by atoms with E-state index in [4.69, 9.17) is 5.21 Å². The molecule has 33 heavy (non-hydrogen) atoms. The lowest BCUT2D eigenvalue weighted by molar-refractivity contribution is -0.129. The van der Waals surface area contributed by atoms with Gasteiger partial charge in [-0.25, -0.2) is 5.48 Å². The number of carbonyl (C=O) groups is 3. The first-order chi connectivity index (χ1) is 16.1. The standard InChI is InChI=1S/C23H30N4O4.C2H6/c28-21(26-31)15-9-1-2-10-16-27(17-22(29)24-19-11-5-3-6-12-19)18-23(30)25-20-13-7-4-8-14-20;1-2/h3-8,11-14,31H,1-2,9-10,15-18H2,(H,24,29)(H,25,30)(H,26,28);1-2H3. The van der Waals surface area contributed by atoms with E-state index >= 15 is 0 Å². The lowest BCUT2D eigenvalue weighted by Gasteiger charge is -2.21. The molecule has 8 nitrogen and oxygen atoms in total. The van der Waals surface area contributed by atoms with E-state index in [-0.39, 0.29) is 31.3 Å². The summed E-state index contributed by atoms with van der Waals surface area (Å²) in [6.07, 6.45) is 3.43. The second kappa shape index (κ2) is 17.3. The van der Waals surface area contributed by atoms with Crippen LogP contribution in [0.1, 0.15) is 46.0 Å². The average molecular weight is 457 g/mol. The molecule has 8 heteroatoms. The maximum absolute atomic E-state index is 12.5. The fraction of sp³-hybridized carbons (Fsp3) is 0.400. The van der Waals surface area contributed by atoms with Crippen LogP contribution in [0.25, 0.3) is 0 Å². The quantitative estimate of drug-likeness (QED) is 0.206. The average Bonchev–Trinajstić information content (AvgIpc) is 2.83. The zero-order valence-corrected chi connectivity index (χ0v) is 19.5.